The summed E-state index contributed by atoms with van der Waals surface area (Å²) < 4.78 is 13.0. The van der Waals surface area contributed by atoms with Gasteiger partial charge in [0, 0.05) is 5.56 Å². The van der Waals surface area contributed by atoms with E-state index in [1.807, 2.05) is 18.2 Å². The van der Waals surface area contributed by atoms with Crippen molar-refractivity contribution < 1.29 is 4.39 Å². The molecule has 0 aliphatic heterocycles. The maximum atomic E-state index is 13.0. The van der Waals surface area contributed by atoms with Crippen LogP contribution in [-0.4, -0.2) is 0 Å². The zero-order chi connectivity index (χ0) is 7.68. The minimum atomic E-state index is -0.0987. The predicted octanol–water partition coefficient (Wildman–Crippen LogP) is 2.79. The van der Waals surface area contributed by atoms with E-state index in [9.17, 15) is 4.39 Å². The van der Waals surface area contributed by atoms with Gasteiger partial charge in [0.15, 0.2) is 0 Å². The van der Waals surface area contributed by atoms with Gasteiger partial charge in [-0.2, -0.15) is 0 Å². The summed E-state index contributed by atoms with van der Waals surface area (Å²) >= 11 is 0. The van der Waals surface area contributed by atoms with Crippen LogP contribution < -0.4 is 0 Å². The third kappa shape index (κ3) is 1.07. The summed E-state index contributed by atoms with van der Waals surface area (Å²) in [6.07, 6.45) is 5.90. The lowest BCUT2D eigenvalue weighted by atomic mass is 9.97. The minimum Gasteiger partial charge on any atom is -0.206 e. The number of rotatable bonds is 0. The van der Waals surface area contributed by atoms with Crippen LogP contribution in [0.4, 0.5) is 4.39 Å². The van der Waals surface area contributed by atoms with Crippen molar-refractivity contribution in [1.29, 1.82) is 0 Å². The zero-order valence-electron chi connectivity index (χ0n) is 6.18. The van der Waals surface area contributed by atoms with Crippen molar-refractivity contribution in [3.63, 3.8) is 0 Å². The van der Waals surface area contributed by atoms with Crippen LogP contribution in [0.5, 0.6) is 0 Å². The molecule has 0 spiro atoms. The Bertz CT molecular complexity index is 300. The number of hydrogen-bond donors (Lipinski definition) is 0. The van der Waals surface area contributed by atoms with E-state index in [1.165, 1.54) is 6.07 Å². The summed E-state index contributed by atoms with van der Waals surface area (Å²) in [5.74, 6) is -0.0987. The number of aryl methyl sites for hydroxylation is 1. The molecule has 0 amide bonds. The first-order valence-corrected chi connectivity index (χ1v) is 3.82. The predicted molar refractivity (Wildman–Crippen MR) is 43.8 cm³/mol. The van der Waals surface area contributed by atoms with Crippen molar-refractivity contribution in [2.45, 2.75) is 12.8 Å². The number of halogens is 1. The smallest absolute Gasteiger partial charge is 0.130 e. The topological polar surface area (TPSA) is 0 Å². The summed E-state index contributed by atoms with van der Waals surface area (Å²) in [5.41, 5.74) is 1.91. The molecule has 0 saturated carbocycles. The quantitative estimate of drug-likeness (QED) is 0.530. The molecule has 0 radical (unpaired) electrons. The zero-order valence-corrected chi connectivity index (χ0v) is 6.18. The van der Waals surface area contributed by atoms with Crippen molar-refractivity contribution in [3.05, 3.63) is 41.2 Å². The maximum Gasteiger partial charge on any atom is 0.130 e. The van der Waals surface area contributed by atoms with Gasteiger partial charge in [0.25, 0.3) is 0 Å². The molecular formula is C10H9F. The molecule has 0 unspecified atom stereocenters. The highest BCUT2D eigenvalue weighted by Gasteiger charge is 2.06. The number of fused-ring (bicyclic) bond motifs is 1. The first-order chi connectivity index (χ1) is 5.38. The molecule has 2 rings (SSSR count). The van der Waals surface area contributed by atoms with Crippen LogP contribution in [0.25, 0.3) is 6.08 Å². The van der Waals surface area contributed by atoms with E-state index < -0.39 is 0 Å². The second-order valence-corrected chi connectivity index (χ2v) is 2.75. The molecule has 0 saturated heterocycles. The van der Waals surface area contributed by atoms with Crippen molar-refractivity contribution in [3.8, 4) is 0 Å². The number of benzene rings is 1. The van der Waals surface area contributed by atoms with E-state index in [0.717, 1.165) is 24.0 Å². The van der Waals surface area contributed by atoms with Crippen LogP contribution >= 0.6 is 0 Å². The van der Waals surface area contributed by atoms with Crippen LogP contribution in [0.15, 0.2) is 24.3 Å². The molecule has 0 heterocycles. The third-order valence-electron chi connectivity index (χ3n) is 2.01. The van der Waals surface area contributed by atoms with Gasteiger partial charge in [0.1, 0.15) is 5.82 Å². The Morgan fingerprint density at radius 2 is 2.18 bits per heavy atom. The second kappa shape index (κ2) is 2.50. The van der Waals surface area contributed by atoms with Gasteiger partial charge >= 0.3 is 0 Å². The highest BCUT2D eigenvalue weighted by molar-refractivity contribution is 5.56. The molecule has 0 fully saturated rings. The van der Waals surface area contributed by atoms with Gasteiger partial charge in [0.05, 0.1) is 0 Å². The van der Waals surface area contributed by atoms with Crippen LogP contribution in [0, 0.1) is 5.82 Å². The average molecular weight is 148 g/mol. The van der Waals surface area contributed by atoms with Gasteiger partial charge in [-0.1, -0.05) is 24.3 Å². The van der Waals surface area contributed by atoms with E-state index in [4.69, 9.17) is 0 Å². The monoisotopic (exact) mass is 148 g/mol. The second-order valence-electron chi connectivity index (χ2n) is 2.75. The van der Waals surface area contributed by atoms with E-state index >= 15 is 0 Å². The molecule has 1 aliphatic rings. The highest BCUT2D eigenvalue weighted by atomic mass is 19.1. The molecule has 1 heteroatoms. The van der Waals surface area contributed by atoms with Gasteiger partial charge in [-0.15, -0.1) is 0 Å². The fraction of sp³-hybridized carbons (Fsp3) is 0.200. The molecular weight excluding hydrogens is 139 g/mol. The summed E-state index contributed by atoms with van der Waals surface area (Å²) in [7, 11) is 0. The number of hydrogen-bond acceptors (Lipinski definition) is 0. The van der Waals surface area contributed by atoms with Crippen LogP contribution in [-0.2, 0) is 6.42 Å². The molecule has 0 atom stereocenters. The molecule has 0 N–H and O–H groups in total. The Morgan fingerprint density at radius 3 is 3.00 bits per heavy atom. The van der Waals surface area contributed by atoms with Gasteiger partial charge in [-0.05, 0) is 24.5 Å². The van der Waals surface area contributed by atoms with E-state index in [-0.39, 0.29) is 5.82 Å². The first-order valence-electron chi connectivity index (χ1n) is 3.82. The SMILES string of the molecule is Fc1cccc2c1C=CCC2. The van der Waals surface area contributed by atoms with E-state index in [2.05, 4.69) is 0 Å². The normalized spacial score (nSPS) is 14.6. The molecule has 1 aromatic carbocycles. The molecule has 56 valence electrons. The standard InChI is InChI=1S/C10H9F/c11-10-7-3-5-8-4-1-2-6-9(8)10/h2-3,5-7H,1,4H2. The summed E-state index contributed by atoms with van der Waals surface area (Å²) in [4.78, 5) is 0. The number of allylic oxidation sites excluding steroid dienone is 1. The van der Waals surface area contributed by atoms with Gasteiger partial charge in [0.2, 0.25) is 0 Å². The molecule has 1 aromatic rings. The fourth-order valence-corrected chi connectivity index (χ4v) is 1.43. The lowest BCUT2D eigenvalue weighted by Gasteiger charge is -2.09. The van der Waals surface area contributed by atoms with Gasteiger partial charge < -0.3 is 0 Å². The Kier molecular flexibility index (Phi) is 1.50. The van der Waals surface area contributed by atoms with Crippen LogP contribution in [0.1, 0.15) is 17.5 Å². The largest absolute Gasteiger partial charge is 0.206 e. The van der Waals surface area contributed by atoms with Crippen molar-refractivity contribution in [2.75, 3.05) is 0 Å². The Labute approximate surface area is 65.4 Å². The van der Waals surface area contributed by atoms with Crippen molar-refractivity contribution >= 4 is 6.08 Å². The lowest BCUT2D eigenvalue weighted by Crippen LogP contribution is -1.95. The Balaban J connectivity index is 2.60. The average Bonchev–Trinajstić information content (AvgIpc) is 2.06. The van der Waals surface area contributed by atoms with Crippen LogP contribution in [0.2, 0.25) is 0 Å². The summed E-state index contributed by atoms with van der Waals surface area (Å²) in [6.45, 7) is 0. The molecule has 0 nitrogen and oxygen atoms in total. The van der Waals surface area contributed by atoms with Crippen LogP contribution in [0.3, 0.4) is 0 Å². The molecule has 1 aliphatic carbocycles. The Hall–Kier alpha value is -1.11. The highest BCUT2D eigenvalue weighted by Crippen LogP contribution is 2.21. The Morgan fingerprint density at radius 1 is 1.27 bits per heavy atom. The summed E-state index contributed by atoms with van der Waals surface area (Å²) in [5, 5.41) is 0. The lowest BCUT2D eigenvalue weighted by molar-refractivity contribution is 0.621. The van der Waals surface area contributed by atoms with Crippen molar-refractivity contribution in [1.82, 2.24) is 0 Å². The maximum absolute atomic E-state index is 13.0. The minimum absolute atomic E-state index is 0.0987. The van der Waals surface area contributed by atoms with Gasteiger partial charge in [-0.25, -0.2) is 4.39 Å². The van der Waals surface area contributed by atoms with E-state index in [1.54, 1.807) is 6.07 Å². The molecule has 0 aromatic heterocycles. The van der Waals surface area contributed by atoms with Crippen molar-refractivity contribution in [2.24, 2.45) is 0 Å². The summed E-state index contributed by atoms with van der Waals surface area (Å²) in [6, 6.07) is 5.27. The van der Waals surface area contributed by atoms with Gasteiger partial charge in [-0.3, -0.25) is 0 Å². The fourth-order valence-electron chi connectivity index (χ4n) is 1.43. The first kappa shape index (κ1) is 6.59. The molecule has 0 bridgehead atoms. The molecule has 11 heavy (non-hydrogen) atoms. The van der Waals surface area contributed by atoms with E-state index in [0.29, 0.717) is 0 Å². The third-order valence-corrected chi connectivity index (χ3v) is 2.01.